The molecule has 31 heavy (non-hydrogen) atoms. The highest BCUT2D eigenvalue weighted by atomic mass is 32.2. The summed E-state index contributed by atoms with van der Waals surface area (Å²) in [6, 6.07) is 17.9. The molecule has 3 aromatic rings. The first-order chi connectivity index (χ1) is 15.0. The molecule has 0 aliphatic rings. The highest BCUT2D eigenvalue weighted by Gasteiger charge is 2.18. The van der Waals surface area contributed by atoms with Gasteiger partial charge in [-0.25, -0.2) is 0 Å². The average molecular weight is 436 g/mol. The molecular weight excluding hydrogens is 410 g/mol. The van der Waals surface area contributed by atoms with Crippen molar-refractivity contribution in [2.24, 2.45) is 0 Å². The van der Waals surface area contributed by atoms with Gasteiger partial charge in [0.05, 0.1) is 24.8 Å². The van der Waals surface area contributed by atoms with E-state index in [0.717, 1.165) is 22.6 Å². The number of aryl methyl sites for hydroxylation is 1. The summed E-state index contributed by atoms with van der Waals surface area (Å²) in [5.41, 5.74) is 2.96. The van der Waals surface area contributed by atoms with Crippen molar-refractivity contribution in [1.82, 2.24) is 19.7 Å². The number of nitriles is 1. The van der Waals surface area contributed by atoms with E-state index in [-0.39, 0.29) is 11.7 Å². The normalized spacial score (nSPS) is 10.5. The lowest BCUT2D eigenvalue weighted by molar-refractivity contribution is -0.127. The molecule has 0 unspecified atom stereocenters. The third-order valence-corrected chi connectivity index (χ3v) is 5.54. The smallest absolute Gasteiger partial charge is 0.232 e. The van der Waals surface area contributed by atoms with Gasteiger partial charge in [0.2, 0.25) is 5.91 Å². The maximum Gasteiger partial charge on any atom is 0.232 e. The summed E-state index contributed by atoms with van der Waals surface area (Å²) in [6.07, 6.45) is 0.312. The number of rotatable bonds is 9. The van der Waals surface area contributed by atoms with Crippen molar-refractivity contribution in [1.29, 1.82) is 5.26 Å². The number of ether oxygens (including phenoxy) is 1. The Kier molecular flexibility index (Phi) is 7.68. The Morgan fingerprint density at radius 3 is 2.68 bits per heavy atom. The van der Waals surface area contributed by atoms with E-state index in [1.807, 2.05) is 60.9 Å². The van der Waals surface area contributed by atoms with Crippen LogP contribution in [-0.4, -0.2) is 51.5 Å². The summed E-state index contributed by atoms with van der Waals surface area (Å²) in [5, 5.41) is 18.2. The molecule has 0 saturated heterocycles. The maximum atomic E-state index is 12.4. The number of aromatic nitrogens is 3. The zero-order valence-electron chi connectivity index (χ0n) is 17.9. The van der Waals surface area contributed by atoms with E-state index < -0.39 is 0 Å². The van der Waals surface area contributed by atoms with Gasteiger partial charge in [0.1, 0.15) is 5.75 Å². The molecule has 1 aromatic heterocycles. The Labute approximate surface area is 186 Å². The SMILES string of the molecule is CCOc1ccc(-n2c(SCC(=O)N(C)CCC#N)nnc2-c2cccc(C)c2)cc1. The van der Waals surface area contributed by atoms with Crippen molar-refractivity contribution in [2.45, 2.75) is 25.4 Å². The maximum absolute atomic E-state index is 12.4. The summed E-state index contributed by atoms with van der Waals surface area (Å²) in [7, 11) is 1.70. The fourth-order valence-electron chi connectivity index (χ4n) is 3.00. The fourth-order valence-corrected chi connectivity index (χ4v) is 3.90. The van der Waals surface area contributed by atoms with Crippen LogP contribution >= 0.6 is 11.8 Å². The molecule has 0 N–H and O–H groups in total. The minimum Gasteiger partial charge on any atom is -0.494 e. The Bertz CT molecular complexity index is 1070. The van der Waals surface area contributed by atoms with E-state index in [9.17, 15) is 4.79 Å². The number of nitrogens with zero attached hydrogens (tertiary/aromatic N) is 5. The minimum atomic E-state index is -0.0569. The van der Waals surface area contributed by atoms with Gasteiger partial charge in [-0.1, -0.05) is 35.5 Å². The monoisotopic (exact) mass is 435 g/mol. The molecular formula is C23H25N5O2S. The van der Waals surface area contributed by atoms with Crippen LogP contribution in [-0.2, 0) is 4.79 Å². The molecule has 2 aromatic carbocycles. The van der Waals surface area contributed by atoms with Gasteiger partial charge in [0, 0.05) is 24.8 Å². The summed E-state index contributed by atoms with van der Waals surface area (Å²) < 4.78 is 7.51. The zero-order valence-corrected chi connectivity index (χ0v) is 18.7. The van der Waals surface area contributed by atoms with Gasteiger partial charge in [0.25, 0.3) is 0 Å². The lowest BCUT2D eigenvalue weighted by atomic mass is 10.1. The molecule has 0 aliphatic carbocycles. The van der Waals surface area contributed by atoms with E-state index in [4.69, 9.17) is 10.00 Å². The van der Waals surface area contributed by atoms with Crippen LogP contribution in [0.2, 0.25) is 0 Å². The molecule has 0 saturated carbocycles. The molecule has 3 rings (SSSR count). The Morgan fingerprint density at radius 1 is 1.23 bits per heavy atom. The van der Waals surface area contributed by atoms with Gasteiger partial charge >= 0.3 is 0 Å². The molecule has 7 nitrogen and oxygen atoms in total. The summed E-state index contributed by atoms with van der Waals surface area (Å²) in [4.78, 5) is 14.0. The van der Waals surface area contributed by atoms with E-state index in [1.165, 1.54) is 11.8 Å². The third-order valence-electron chi connectivity index (χ3n) is 4.63. The second-order valence-corrected chi connectivity index (χ2v) is 7.89. The number of hydrogen-bond acceptors (Lipinski definition) is 6. The second kappa shape index (κ2) is 10.6. The van der Waals surface area contributed by atoms with Crippen molar-refractivity contribution in [3.05, 3.63) is 54.1 Å². The van der Waals surface area contributed by atoms with E-state index in [0.29, 0.717) is 30.6 Å². The van der Waals surface area contributed by atoms with Crippen molar-refractivity contribution < 1.29 is 9.53 Å². The van der Waals surface area contributed by atoms with Gasteiger partial charge in [-0.2, -0.15) is 5.26 Å². The first-order valence-electron chi connectivity index (χ1n) is 10.0. The lowest BCUT2D eigenvalue weighted by Gasteiger charge is -2.15. The minimum absolute atomic E-state index is 0.0569. The van der Waals surface area contributed by atoms with Crippen LogP contribution in [0.3, 0.4) is 0 Å². The molecule has 1 amide bonds. The summed E-state index contributed by atoms with van der Waals surface area (Å²) >= 11 is 1.33. The number of thioether (sulfide) groups is 1. The van der Waals surface area contributed by atoms with Crippen molar-refractivity contribution in [2.75, 3.05) is 26.0 Å². The molecule has 0 fully saturated rings. The molecule has 1 heterocycles. The van der Waals surface area contributed by atoms with Crippen molar-refractivity contribution in [3.63, 3.8) is 0 Å². The molecule has 8 heteroatoms. The molecule has 0 spiro atoms. The number of hydrogen-bond donors (Lipinski definition) is 0. The largest absolute Gasteiger partial charge is 0.494 e. The third kappa shape index (κ3) is 5.64. The van der Waals surface area contributed by atoms with Crippen LogP contribution in [0.15, 0.2) is 53.7 Å². The predicted octanol–water partition coefficient (Wildman–Crippen LogP) is 4.11. The van der Waals surface area contributed by atoms with E-state index in [1.54, 1.807) is 11.9 Å². The van der Waals surface area contributed by atoms with Gasteiger partial charge in [0.15, 0.2) is 11.0 Å². The standard InChI is InChI=1S/C23H25N5O2S/c1-4-30-20-11-9-19(10-12-20)28-22(18-8-5-7-17(2)15-18)25-26-23(28)31-16-21(29)27(3)14-6-13-24/h5,7-12,15H,4,6,14,16H2,1-3H3. The molecule has 0 aliphatic heterocycles. The molecule has 0 radical (unpaired) electrons. The molecule has 0 atom stereocenters. The zero-order chi connectivity index (χ0) is 22.2. The summed E-state index contributed by atoms with van der Waals surface area (Å²) in [5.74, 6) is 1.66. The summed E-state index contributed by atoms with van der Waals surface area (Å²) in [6.45, 7) is 4.99. The topological polar surface area (TPSA) is 84.0 Å². The highest BCUT2D eigenvalue weighted by molar-refractivity contribution is 7.99. The highest BCUT2D eigenvalue weighted by Crippen LogP contribution is 2.29. The Hall–Kier alpha value is -3.31. The predicted molar refractivity (Wildman–Crippen MR) is 121 cm³/mol. The van der Waals surface area contributed by atoms with Gasteiger partial charge in [-0.05, 0) is 44.2 Å². The fraction of sp³-hybridized carbons (Fsp3) is 0.304. The van der Waals surface area contributed by atoms with Crippen LogP contribution < -0.4 is 4.74 Å². The number of carbonyl (C=O) groups excluding carboxylic acids is 1. The van der Waals surface area contributed by atoms with Crippen molar-refractivity contribution >= 4 is 17.7 Å². The van der Waals surface area contributed by atoms with Gasteiger partial charge in [-0.3, -0.25) is 9.36 Å². The van der Waals surface area contributed by atoms with Crippen LogP contribution in [0.4, 0.5) is 0 Å². The quantitative estimate of drug-likeness (QED) is 0.471. The van der Waals surface area contributed by atoms with Crippen LogP contribution in [0.1, 0.15) is 18.9 Å². The van der Waals surface area contributed by atoms with Crippen LogP contribution in [0.5, 0.6) is 5.75 Å². The second-order valence-electron chi connectivity index (χ2n) is 6.95. The average Bonchev–Trinajstić information content (AvgIpc) is 3.20. The van der Waals surface area contributed by atoms with E-state index in [2.05, 4.69) is 22.3 Å². The Balaban J connectivity index is 1.92. The van der Waals surface area contributed by atoms with Crippen LogP contribution in [0.25, 0.3) is 17.1 Å². The van der Waals surface area contributed by atoms with Crippen molar-refractivity contribution in [3.8, 4) is 28.9 Å². The molecule has 0 bridgehead atoms. The van der Waals surface area contributed by atoms with E-state index >= 15 is 0 Å². The van der Waals surface area contributed by atoms with Gasteiger partial charge < -0.3 is 9.64 Å². The van der Waals surface area contributed by atoms with Gasteiger partial charge in [-0.15, -0.1) is 10.2 Å². The number of amides is 1. The number of benzene rings is 2. The lowest BCUT2D eigenvalue weighted by Crippen LogP contribution is -2.29. The Morgan fingerprint density at radius 2 is 2.00 bits per heavy atom. The molecule has 160 valence electrons. The first-order valence-corrected chi connectivity index (χ1v) is 11.0. The van der Waals surface area contributed by atoms with Crippen LogP contribution in [0, 0.1) is 18.3 Å². The first kappa shape index (κ1) is 22.4. The number of carbonyl (C=O) groups is 1.